The van der Waals surface area contributed by atoms with Crippen LogP contribution in [0.3, 0.4) is 0 Å². The molecule has 5 nitrogen and oxygen atoms in total. The average molecular weight is 238 g/mol. The first-order valence-electron chi connectivity index (χ1n) is 5.56. The Bertz CT molecular complexity index is 385. The molecule has 0 saturated carbocycles. The number of ketones is 1. The molecule has 1 aromatic heterocycles. The van der Waals surface area contributed by atoms with Crippen molar-refractivity contribution in [3.63, 3.8) is 0 Å². The molecule has 1 amide bonds. The lowest BCUT2D eigenvalue weighted by Crippen LogP contribution is -2.28. The number of hydrogen-bond donors (Lipinski definition) is 1. The Balaban J connectivity index is 2.32. The van der Waals surface area contributed by atoms with Crippen molar-refractivity contribution in [3.05, 3.63) is 24.0 Å². The first-order chi connectivity index (χ1) is 8.13. The van der Waals surface area contributed by atoms with E-state index in [9.17, 15) is 9.59 Å². The van der Waals surface area contributed by atoms with E-state index in [0.29, 0.717) is 18.7 Å². The van der Waals surface area contributed by atoms with Gasteiger partial charge in [-0.3, -0.25) is 9.59 Å². The third-order valence-corrected chi connectivity index (χ3v) is 2.33. The summed E-state index contributed by atoms with van der Waals surface area (Å²) in [6.07, 6.45) is 4.20. The number of nitrogens with zero attached hydrogens (tertiary/aromatic N) is 1. The molecule has 17 heavy (non-hydrogen) atoms. The predicted molar refractivity (Wildman–Crippen MR) is 63.9 cm³/mol. The monoisotopic (exact) mass is 238 g/mol. The molecule has 0 saturated heterocycles. The first kappa shape index (κ1) is 13.4. The van der Waals surface area contributed by atoms with Gasteiger partial charge in [0.2, 0.25) is 5.91 Å². The Kier molecular flexibility index (Phi) is 5.42. The van der Waals surface area contributed by atoms with Crippen molar-refractivity contribution in [2.75, 3.05) is 20.3 Å². The zero-order valence-corrected chi connectivity index (χ0v) is 10.2. The second kappa shape index (κ2) is 6.85. The minimum Gasteiger partial charge on any atom is -0.385 e. The van der Waals surface area contributed by atoms with Gasteiger partial charge < -0.3 is 14.6 Å². The number of nitrogens with one attached hydrogen (secondary N) is 1. The van der Waals surface area contributed by atoms with Gasteiger partial charge in [-0.25, -0.2) is 0 Å². The van der Waals surface area contributed by atoms with E-state index in [0.717, 1.165) is 6.42 Å². The Morgan fingerprint density at radius 3 is 2.82 bits per heavy atom. The summed E-state index contributed by atoms with van der Waals surface area (Å²) >= 11 is 0. The van der Waals surface area contributed by atoms with Crippen LogP contribution in [-0.2, 0) is 16.1 Å². The summed E-state index contributed by atoms with van der Waals surface area (Å²) in [5.41, 5.74) is 0.622. The molecule has 0 spiro atoms. The van der Waals surface area contributed by atoms with Gasteiger partial charge in [-0.15, -0.1) is 0 Å². The summed E-state index contributed by atoms with van der Waals surface area (Å²) in [5.74, 6) is -0.0592. The van der Waals surface area contributed by atoms with E-state index in [-0.39, 0.29) is 18.2 Å². The smallest absolute Gasteiger partial charge is 0.239 e. The lowest BCUT2D eigenvalue weighted by atomic mass is 10.2. The molecule has 94 valence electrons. The zero-order valence-electron chi connectivity index (χ0n) is 10.2. The van der Waals surface area contributed by atoms with Gasteiger partial charge in [0.25, 0.3) is 0 Å². The second-order valence-electron chi connectivity index (χ2n) is 3.83. The van der Waals surface area contributed by atoms with E-state index in [1.165, 1.54) is 6.92 Å². The van der Waals surface area contributed by atoms with Gasteiger partial charge in [-0.2, -0.15) is 0 Å². The third-order valence-electron chi connectivity index (χ3n) is 2.33. The Labute approximate surface area is 101 Å². The molecule has 0 unspecified atom stereocenters. The number of aromatic nitrogens is 1. The van der Waals surface area contributed by atoms with E-state index in [4.69, 9.17) is 4.74 Å². The summed E-state index contributed by atoms with van der Waals surface area (Å²) in [7, 11) is 1.63. The van der Waals surface area contributed by atoms with Gasteiger partial charge >= 0.3 is 0 Å². The van der Waals surface area contributed by atoms with Crippen LogP contribution < -0.4 is 5.32 Å². The fraction of sp³-hybridized carbons (Fsp3) is 0.500. The number of rotatable bonds is 7. The van der Waals surface area contributed by atoms with Crippen molar-refractivity contribution in [2.45, 2.75) is 19.9 Å². The summed E-state index contributed by atoms with van der Waals surface area (Å²) in [6, 6.07) is 1.71. The van der Waals surface area contributed by atoms with E-state index >= 15 is 0 Å². The molecule has 1 aromatic rings. The summed E-state index contributed by atoms with van der Waals surface area (Å²) in [4.78, 5) is 22.6. The quantitative estimate of drug-likeness (QED) is 0.565. The van der Waals surface area contributed by atoms with Crippen molar-refractivity contribution in [3.8, 4) is 0 Å². The van der Waals surface area contributed by atoms with Crippen LogP contribution in [-0.4, -0.2) is 36.5 Å². The molecule has 1 heterocycles. The predicted octanol–water partition coefficient (Wildman–Crippen LogP) is 0.843. The standard InChI is InChI=1S/C12H18N2O3/c1-10(15)11-4-6-14(8-11)9-12(16)13-5-3-7-17-2/h4,6,8H,3,5,7,9H2,1-2H3,(H,13,16). The first-order valence-corrected chi connectivity index (χ1v) is 5.56. The van der Waals surface area contributed by atoms with Gasteiger partial charge in [0.05, 0.1) is 0 Å². The van der Waals surface area contributed by atoms with Crippen molar-refractivity contribution in [1.29, 1.82) is 0 Å². The van der Waals surface area contributed by atoms with E-state index in [2.05, 4.69) is 5.32 Å². The lowest BCUT2D eigenvalue weighted by molar-refractivity contribution is -0.121. The van der Waals surface area contributed by atoms with Crippen molar-refractivity contribution in [2.24, 2.45) is 0 Å². The van der Waals surface area contributed by atoms with Crippen LogP contribution >= 0.6 is 0 Å². The number of ether oxygens (including phenoxy) is 1. The molecule has 1 rings (SSSR count). The van der Waals surface area contributed by atoms with Crippen molar-refractivity contribution >= 4 is 11.7 Å². The van der Waals surface area contributed by atoms with Crippen LogP contribution in [0.25, 0.3) is 0 Å². The topological polar surface area (TPSA) is 60.3 Å². The maximum atomic E-state index is 11.5. The van der Waals surface area contributed by atoms with Crippen molar-refractivity contribution < 1.29 is 14.3 Å². The highest BCUT2D eigenvalue weighted by Crippen LogP contribution is 2.01. The molecule has 0 aliphatic heterocycles. The Hall–Kier alpha value is -1.62. The second-order valence-corrected chi connectivity index (χ2v) is 3.83. The maximum absolute atomic E-state index is 11.5. The molecule has 0 aliphatic rings. The molecular formula is C12H18N2O3. The SMILES string of the molecule is COCCCNC(=O)Cn1ccc(C(C)=O)c1. The number of hydrogen-bond acceptors (Lipinski definition) is 3. The van der Waals surface area contributed by atoms with Gasteiger partial charge in [0, 0.05) is 38.2 Å². The molecule has 0 radical (unpaired) electrons. The molecule has 0 bridgehead atoms. The van der Waals surface area contributed by atoms with Gasteiger partial charge in [-0.1, -0.05) is 0 Å². The fourth-order valence-corrected chi connectivity index (χ4v) is 1.41. The normalized spacial score (nSPS) is 10.2. The Morgan fingerprint density at radius 1 is 1.47 bits per heavy atom. The molecule has 5 heteroatoms. The van der Waals surface area contributed by atoms with E-state index in [1.54, 1.807) is 30.1 Å². The Morgan fingerprint density at radius 2 is 2.24 bits per heavy atom. The number of amides is 1. The molecule has 1 N–H and O–H groups in total. The van der Waals surface area contributed by atoms with Crippen LogP contribution in [0.4, 0.5) is 0 Å². The lowest BCUT2D eigenvalue weighted by Gasteiger charge is -2.05. The number of carbonyl (C=O) groups excluding carboxylic acids is 2. The molecular weight excluding hydrogens is 220 g/mol. The maximum Gasteiger partial charge on any atom is 0.239 e. The van der Waals surface area contributed by atoms with Crippen LogP contribution in [0.5, 0.6) is 0 Å². The van der Waals surface area contributed by atoms with E-state index in [1.807, 2.05) is 0 Å². The van der Waals surface area contributed by atoms with Crippen molar-refractivity contribution in [1.82, 2.24) is 9.88 Å². The highest BCUT2D eigenvalue weighted by molar-refractivity contribution is 5.93. The van der Waals surface area contributed by atoms with Crippen LogP contribution in [0, 0.1) is 0 Å². The molecule has 0 aromatic carbocycles. The van der Waals surface area contributed by atoms with Crippen LogP contribution in [0.2, 0.25) is 0 Å². The zero-order chi connectivity index (χ0) is 12.7. The highest BCUT2D eigenvalue weighted by atomic mass is 16.5. The van der Waals surface area contributed by atoms with Gasteiger partial charge in [-0.05, 0) is 19.4 Å². The van der Waals surface area contributed by atoms with Crippen LogP contribution in [0.1, 0.15) is 23.7 Å². The minimum absolute atomic E-state index is 0.00394. The van der Waals surface area contributed by atoms with Gasteiger partial charge in [0.1, 0.15) is 6.54 Å². The summed E-state index contributed by atoms with van der Waals surface area (Å²) < 4.78 is 6.57. The van der Waals surface area contributed by atoms with Gasteiger partial charge in [0.15, 0.2) is 5.78 Å². The number of Topliss-reactive ketones (excluding diaryl/α,β-unsaturated/α-hetero) is 1. The largest absolute Gasteiger partial charge is 0.385 e. The summed E-state index contributed by atoms with van der Waals surface area (Å²) in [6.45, 7) is 2.98. The molecule has 0 fully saturated rings. The minimum atomic E-state index is -0.0631. The van der Waals surface area contributed by atoms with Crippen LogP contribution in [0.15, 0.2) is 18.5 Å². The highest BCUT2D eigenvalue weighted by Gasteiger charge is 2.05. The molecule has 0 aliphatic carbocycles. The average Bonchev–Trinajstić information content (AvgIpc) is 2.73. The summed E-state index contributed by atoms with van der Waals surface area (Å²) in [5, 5.41) is 2.78. The fourth-order valence-electron chi connectivity index (χ4n) is 1.41. The molecule has 0 atom stereocenters. The number of carbonyl (C=O) groups is 2. The number of methoxy groups -OCH3 is 1. The third kappa shape index (κ3) is 4.82. The van der Waals surface area contributed by atoms with E-state index < -0.39 is 0 Å².